The molecule has 0 saturated heterocycles. The lowest BCUT2D eigenvalue weighted by Crippen LogP contribution is -2.17. The maximum Gasteiger partial charge on any atom is 0.272 e. The van der Waals surface area contributed by atoms with E-state index in [0.717, 1.165) is 29.4 Å². The molecule has 0 atom stereocenters. The summed E-state index contributed by atoms with van der Waals surface area (Å²) in [5.41, 5.74) is -0.0490. The molecule has 2 aromatic rings. The lowest BCUT2D eigenvalue weighted by molar-refractivity contribution is 0.101. The topological polar surface area (TPSA) is 34.0 Å². The second-order valence-electron chi connectivity index (χ2n) is 4.86. The molecule has 1 fully saturated rings. The predicted octanol–water partition coefficient (Wildman–Crippen LogP) is 4.26. The molecule has 0 spiro atoms. The van der Waals surface area contributed by atoms with Crippen molar-refractivity contribution in [1.82, 2.24) is 4.57 Å². The van der Waals surface area contributed by atoms with Crippen molar-refractivity contribution >= 4 is 27.5 Å². The molecular formula is C14H10BrF3N2O. The normalized spacial score (nSPS) is 14.3. The van der Waals surface area contributed by atoms with Gasteiger partial charge in [-0.1, -0.05) is 0 Å². The van der Waals surface area contributed by atoms with E-state index in [1.165, 1.54) is 0 Å². The first-order valence-corrected chi connectivity index (χ1v) is 7.09. The Labute approximate surface area is 126 Å². The number of nitrogens with zero attached hydrogens (tertiary/aromatic N) is 1. The van der Waals surface area contributed by atoms with Crippen LogP contribution in [0.3, 0.4) is 0 Å². The molecule has 1 aliphatic carbocycles. The standard InChI is InChI=1S/C14H10BrF3N2O/c15-7-5-11(20(6-7)8-1-2-8)14(21)19-10-4-3-9(16)12(17)13(10)18/h3-6,8H,1-2H2,(H,19,21). The summed E-state index contributed by atoms with van der Waals surface area (Å²) >= 11 is 3.28. The highest BCUT2D eigenvalue weighted by atomic mass is 79.9. The molecule has 110 valence electrons. The molecule has 0 unspecified atom stereocenters. The zero-order chi connectivity index (χ0) is 15.1. The number of amides is 1. The maximum atomic E-state index is 13.6. The summed E-state index contributed by atoms with van der Waals surface area (Å²) in [4.78, 5) is 12.2. The number of carbonyl (C=O) groups excluding carboxylic acids is 1. The first-order chi connectivity index (χ1) is 9.97. The van der Waals surface area contributed by atoms with Gasteiger partial charge in [0.1, 0.15) is 5.69 Å². The Morgan fingerprint density at radius 1 is 1.24 bits per heavy atom. The third kappa shape index (κ3) is 2.70. The van der Waals surface area contributed by atoms with Crippen LogP contribution in [0.2, 0.25) is 0 Å². The van der Waals surface area contributed by atoms with Crippen LogP contribution in [0, 0.1) is 17.5 Å². The molecule has 0 radical (unpaired) electrons. The van der Waals surface area contributed by atoms with Gasteiger partial charge in [-0.25, -0.2) is 13.2 Å². The molecule has 0 bridgehead atoms. The molecule has 1 heterocycles. The number of aromatic nitrogens is 1. The molecular weight excluding hydrogens is 349 g/mol. The van der Waals surface area contributed by atoms with Crippen LogP contribution in [0.4, 0.5) is 18.9 Å². The van der Waals surface area contributed by atoms with E-state index in [0.29, 0.717) is 5.69 Å². The third-order valence-electron chi connectivity index (χ3n) is 3.27. The number of halogens is 4. The van der Waals surface area contributed by atoms with Crippen molar-refractivity contribution in [3.8, 4) is 0 Å². The highest BCUT2D eigenvalue weighted by molar-refractivity contribution is 9.10. The van der Waals surface area contributed by atoms with E-state index in [-0.39, 0.29) is 6.04 Å². The molecule has 3 rings (SSSR count). The second kappa shape index (κ2) is 5.22. The lowest BCUT2D eigenvalue weighted by atomic mass is 10.2. The molecule has 1 aliphatic rings. The molecule has 1 saturated carbocycles. The van der Waals surface area contributed by atoms with E-state index in [1.54, 1.807) is 16.8 Å². The smallest absolute Gasteiger partial charge is 0.272 e. The number of hydrogen-bond donors (Lipinski definition) is 1. The SMILES string of the molecule is O=C(Nc1ccc(F)c(F)c1F)c1cc(Br)cn1C1CC1. The molecule has 1 amide bonds. The Bertz CT molecular complexity index is 725. The fourth-order valence-electron chi connectivity index (χ4n) is 2.09. The van der Waals surface area contributed by atoms with E-state index in [2.05, 4.69) is 21.2 Å². The largest absolute Gasteiger partial charge is 0.339 e. The molecule has 0 aliphatic heterocycles. The highest BCUT2D eigenvalue weighted by Crippen LogP contribution is 2.37. The number of carbonyl (C=O) groups is 1. The monoisotopic (exact) mass is 358 g/mol. The summed E-state index contributed by atoms with van der Waals surface area (Å²) in [7, 11) is 0. The minimum Gasteiger partial charge on any atom is -0.339 e. The predicted molar refractivity (Wildman–Crippen MR) is 74.7 cm³/mol. The Hall–Kier alpha value is -1.76. The maximum absolute atomic E-state index is 13.6. The van der Waals surface area contributed by atoms with Crippen molar-refractivity contribution in [2.24, 2.45) is 0 Å². The van der Waals surface area contributed by atoms with Crippen molar-refractivity contribution in [3.05, 3.63) is 52.0 Å². The molecule has 1 aromatic carbocycles. The number of hydrogen-bond acceptors (Lipinski definition) is 1. The van der Waals surface area contributed by atoms with Crippen LogP contribution in [0.25, 0.3) is 0 Å². The minimum absolute atomic E-state index is 0.256. The summed E-state index contributed by atoms with van der Waals surface area (Å²) in [6, 6.07) is 3.62. The number of benzene rings is 1. The first-order valence-electron chi connectivity index (χ1n) is 6.29. The molecule has 7 heteroatoms. The Morgan fingerprint density at radius 2 is 1.95 bits per heavy atom. The first kappa shape index (κ1) is 14.2. The van der Waals surface area contributed by atoms with Gasteiger partial charge in [0, 0.05) is 16.7 Å². The Balaban J connectivity index is 1.89. The van der Waals surface area contributed by atoms with Crippen molar-refractivity contribution in [3.63, 3.8) is 0 Å². The lowest BCUT2D eigenvalue weighted by Gasteiger charge is -2.09. The molecule has 21 heavy (non-hydrogen) atoms. The van der Waals surface area contributed by atoms with E-state index in [4.69, 9.17) is 0 Å². The summed E-state index contributed by atoms with van der Waals surface area (Å²) in [6.45, 7) is 0. The Kier molecular flexibility index (Phi) is 3.52. The molecule has 1 N–H and O–H groups in total. The van der Waals surface area contributed by atoms with E-state index < -0.39 is 29.0 Å². The number of nitrogens with one attached hydrogen (secondary N) is 1. The van der Waals surface area contributed by atoms with Gasteiger partial charge < -0.3 is 9.88 Å². The zero-order valence-corrected chi connectivity index (χ0v) is 12.3. The molecule has 3 nitrogen and oxygen atoms in total. The van der Waals surface area contributed by atoms with Crippen molar-refractivity contribution in [2.75, 3.05) is 5.32 Å². The zero-order valence-electron chi connectivity index (χ0n) is 10.7. The van der Waals surface area contributed by atoms with Gasteiger partial charge in [0.2, 0.25) is 0 Å². The minimum atomic E-state index is -1.61. The summed E-state index contributed by atoms with van der Waals surface area (Å²) < 4.78 is 42.1. The van der Waals surface area contributed by atoms with E-state index >= 15 is 0 Å². The summed E-state index contributed by atoms with van der Waals surface area (Å²) in [6.07, 6.45) is 3.72. The van der Waals surface area contributed by atoms with Gasteiger partial charge >= 0.3 is 0 Å². The van der Waals surface area contributed by atoms with Crippen LogP contribution >= 0.6 is 15.9 Å². The van der Waals surface area contributed by atoms with Crippen LogP contribution in [0.5, 0.6) is 0 Å². The summed E-state index contributed by atoms with van der Waals surface area (Å²) in [5.74, 6) is -4.88. The Morgan fingerprint density at radius 3 is 2.62 bits per heavy atom. The van der Waals surface area contributed by atoms with Gasteiger partial charge in [-0.3, -0.25) is 4.79 Å². The fraction of sp³-hybridized carbons (Fsp3) is 0.214. The van der Waals surface area contributed by atoms with Gasteiger partial charge in [-0.2, -0.15) is 0 Å². The number of anilines is 1. The van der Waals surface area contributed by atoms with Crippen LogP contribution in [0.1, 0.15) is 29.4 Å². The van der Waals surface area contributed by atoms with Gasteiger partial charge in [0.15, 0.2) is 17.5 Å². The van der Waals surface area contributed by atoms with Crippen LogP contribution in [-0.4, -0.2) is 10.5 Å². The average Bonchev–Trinajstić information content (AvgIpc) is 3.22. The second-order valence-corrected chi connectivity index (χ2v) is 5.77. The fourth-order valence-corrected chi connectivity index (χ4v) is 2.53. The average molecular weight is 359 g/mol. The highest BCUT2D eigenvalue weighted by Gasteiger charge is 2.28. The van der Waals surface area contributed by atoms with Crippen LogP contribution in [-0.2, 0) is 0 Å². The quantitative estimate of drug-likeness (QED) is 0.817. The van der Waals surface area contributed by atoms with Gasteiger partial charge in [-0.05, 0) is 47.0 Å². The summed E-state index contributed by atoms with van der Waals surface area (Å²) in [5, 5.41) is 2.27. The number of rotatable bonds is 3. The van der Waals surface area contributed by atoms with Crippen LogP contribution in [0.15, 0.2) is 28.9 Å². The van der Waals surface area contributed by atoms with Crippen LogP contribution < -0.4 is 5.32 Å². The van der Waals surface area contributed by atoms with Gasteiger partial charge in [-0.15, -0.1) is 0 Å². The van der Waals surface area contributed by atoms with E-state index in [9.17, 15) is 18.0 Å². The van der Waals surface area contributed by atoms with Gasteiger partial charge in [0.25, 0.3) is 5.91 Å². The van der Waals surface area contributed by atoms with E-state index in [1.807, 2.05) is 0 Å². The van der Waals surface area contributed by atoms with Crippen molar-refractivity contribution in [1.29, 1.82) is 0 Å². The van der Waals surface area contributed by atoms with Crippen molar-refractivity contribution < 1.29 is 18.0 Å². The van der Waals surface area contributed by atoms with Crippen molar-refractivity contribution in [2.45, 2.75) is 18.9 Å². The molecule has 1 aromatic heterocycles. The van der Waals surface area contributed by atoms with Gasteiger partial charge in [0.05, 0.1) is 5.69 Å². The third-order valence-corrected chi connectivity index (χ3v) is 3.71.